The fourth-order valence-electron chi connectivity index (χ4n) is 0.559. The molecule has 1 heterocycles. The van der Waals surface area contributed by atoms with Crippen LogP contribution in [0.25, 0.3) is 0 Å². The van der Waals surface area contributed by atoms with Crippen molar-refractivity contribution < 1.29 is 9.90 Å². The zero-order chi connectivity index (χ0) is 7.56. The molecule has 1 rings (SSSR count). The molecule has 56 valence electrons. The van der Waals surface area contributed by atoms with Crippen molar-refractivity contribution >= 4 is 52.0 Å². The molecule has 0 amide bonds. The SMILES string of the molecule is Nc1nc(CC(=O)O)cs1.[NaH]. The van der Waals surface area contributed by atoms with Crippen molar-refractivity contribution in [1.82, 2.24) is 4.98 Å². The minimum absolute atomic E-state index is 0. The summed E-state index contributed by atoms with van der Waals surface area (Å²) in [5.41, 5.74) is 5.79. The van der Waals surface area contributed by atoms with Crippen molar-refractivity contribution in [1.29, 1.82) is 0 Å². The van der Waals surface area contributed by atoms with Crippen LogP contribution in [-0.4, -0.2) is 45.6 Å². The number of hydrogen-bond acceptors (Lipinski definition) is 4. The molecule has 0 saturated heterocycles. The number of hydrogen-bond donors (Lipinski definition) is 2. The summed E-state index contributed by atoms with van der Waals surface area (Å²) in [7, 11) is 0. The van der Waals surface area contributed by atoms with Crippen LogP contribution in [0, 0.1) is 0 Å². The van der Waals surface area contributed by atoms with Gasteiger partial charge >= 0.3 is 35.5 Å². The van der Waals surface area contributed by atoms with Crippen molar-refractivity contribution in [2.24, 2.45) is 0 Å². The van der Waals surface area contributed by atoms with E-state index in [-0.39, 0.29) is 36.0 Å². The maximum atomic E-state index is 10.1. The second-order valence-electron chi connectivity index (χ2n) is 1.75. The number of aliphatic carboxylic acids is 1. The van der Waals surface area contributed by atoms with Crippen molar-refractivity contribution in [2.45, 2.75) is 6.42 Å². The molecule has 0 aliphatic rings. The van der Waals surface area contributed by atoms with Crippen LogP contribution in [0.2, 0.25) is 0 Å². The van der Waals surface area contributed by atoms with Crippen LogP contribution in [0.5, 0.6) is 0 Å². The summed E-state index contributed by atoms with van der Waals surface area (Å²) < 4.78 is 0. The van der Waals surface area contributed by atoms with Gasteiger partial charge in [-0.3, -0.25) is 4.79 Å². The van der Waals surface area contributed by atoms with Gasteiger partial charge in [0.25, 0.3) is 0 Å². The summed E-state index contributed by atoms with van der Waals surface area (Å²) in [6.07, 6.45) is -0.0479. The predicted molar refractivity (Wildman–Crippen MR) is 45.0 cm³/mol. The predicted octanol–water partition coefficient (Wildman–Crippen LogP) is -0.296. The molecule has 11 heavy (non-hydrogen) atoms. The molecule has 6 heteroatoms. The van der Waals surface area contributed by atoms with Crippen molar-refractivity contribution in [3.05, 3.63) is 11.1 Å². The van der Waals surface area contributed by atoms with Gasteiger partial charge in [-0.2, -0.15) is 0 Å². The molecule has 4 nitrogen and oxygen atoms in total. The summed E-state index contributed by atoms with van der Waals surface area (Å²) in [4.78, 5) is 13.9. The molecular formula is C5H7N2NaO2S. The number of anilines is 1. The van der Waals surface area contributed by atoms with E-state index in [2.05, 4.69) is 4.98 Å². The van der Waals surface area contributed by atoms with E-state index in [1.165, 1.54) is 11.3 Å². The molecular weight excluding hydrogens is 175 g/mol. The topological polar surface area (TPSA) is 76.2 Å². The number of rotatable bonds is 2. The molecule has 0 bridgehead atoms. The fraction of sp³-hybridized carbons (Fsp3) is 0.200. The van der Waals surface area contributed by atoms with Crippen LogP contribution < -0.4 is 5.73 Å². The second kappa shape index (κ2) is 4.71. The Morgan fingerprint density at radius 2 is 2.45 bits per heavy atom. The first-order chi connectivity index (χ1) is 4.68. The first-order valence-corrected chi connectivity index (χ1v) is 3.48. The van der Waals surface area contributed by atoms with Crippen molar-refractivity contribution in [2.75, 3.05) is 5.73 Å². The van der Waals surface area contributed by atoms with Crippen molar-refractivity contribution in [3.63, 3.8) is 0 Å². The van der Waals surface area contributed by atoms with Gasteiger partial charge in [-0.1, -0.05) is 0 Å². The average molecular weight is 182 g/mol. The fourth-order valence-corrected chi connectivity index (χ4v) is 1.12. The standard InChI is InChI=1S/C5H6N2O2S.Na.H/c6-5-7-3(2-10-5)1-4(8)9;;/h2H,1H2,(H2,6,7)(H,8,9);;. The van der Waals surface area contributed by atoms with Gasteiger partial charge in [-0.05, 0) is 0 Å². The first-order valence-electron chi connectivity index (χ1n) is 2.60. The van der Waals surface area contributed by atoms with E-state index in [1.807, 2.05) is 0 Å². The Morgan fingerprint density at radius 1 is 1.82 bits per heavy atom. The third kappa shape index (κ3) is 3.71. The van der Waals surface area contributed by atoms with Gasteiger partial charge in [0.2, 0.25) is 0 Å². The van der Waals surface area contributed by atoms with Crippen LogP contribution in [0.15, 0.2) is 5.38 Å². The van der Waals surface area contributed by atoms with E-state index in [0.29, 0.717) is 10.8 Å². The molecule has 0 aliphatic heterocycles. The summed E-state index contributed by atoms with van der Waals surface area (Å²) in [5, 5.41) is 10.4. The average Bonchev–Trinajstić information content (AvgIpc) is 2.13. The van der Waals surface area contributed by atoms with Gasteiger partial charge in [0.1, 0.15) is 0 Å². The minimum atomic E-state index is -0.884. The van der Waals surface area contributed by atoms with Gasteiger partial charge in [-0.15, -0.1) is 11.3 Å². The summed E-state index contributed by atoms with van der Waals surface area (Å²) >= 11 is 1.25. The van der Waals surface area contributed by atoms with Gasteiger partial charge in [0.15, 0.2) is 5.13 Å². The number of nitrogens with zero attached hydrogens (tertiary/aromatic N) is 1. The van der Waals surface area contributed by atoms with Crippen LogP contribution >= 0.6 is 11.3 Å². The van der Waals surface area contributed by atoms with Crippen LogP contribution in [0.4, 0.5) is 5.13 Å². The number of carboxylic acids is 1. The zero-order valence-electron chi connectivity index (χ0n) is 5.07. The molecule has 0 fully saturated rings. The van der Waals surface area contributed by atoms with E-state index in [0.717, 1.165) is 0 Å². The molecule has 0 unspecified atom stereocenters. The molecule has 0 radical (unpaired) electrons. The van der Waals surface area contributed by atoms with Gasteiger partial charge in [0.05, 0.1) is 12.1 Å². The Hall–Kier alpha value is -0.1000. The molecule has 0 spiro atoms. The number of nitrogen functional groups attached to an aromatic ring is 1. The third-order valence-electron chi connectivity index (χ3n) is 0.902. The Morgan fingerprint density at radius 3 is 2.82 bits per heavy atom. The van der Waals surface area contributed by atoms with Gasteiger partial charge < -0.3 is 10.8 Å². The number of aromatic nitrogens is 1. The number of nitrogens with two attached hydrogens (primary N) is 1. The molecule has 3 N–H and O–H groups in total. The zero-order valence-corrected chi connectivity index (χ0v) is 5.89. The molecule has 0 aliphatic carbocycles. The Balaban J connectivity index is 0.000001000. The second-order valence-corrected chi connectivity index (χ2v) is 2.64. The third-order valence-corrected chi connectivity index (χ3v) is 1.62. The van der Waals surface area contributed by atoms with E-state index in [9.17, 15) is 4.79 Å². The van der Waals surface area contributed by atoms with Crippen molar-refractivity contribution in [3.8, 4) is 0 Å². The number of carboxylic acid groups (broad SMARTS) is 1. The van der Waals surface area contributed by atoms with E-state index in [4.69, 9.17) is 10.8 Å². The van der Waals surface area contributed by atoms with E-state index >= 15 is 0 Å². The number of thiazole rings is 1. The Kier molecular flexibility index (Phi) is 4.67. The molecule has 0 aromatic carbocycles. The summed E-state index contributed by atoms with van der Waals surface area (Å²) in [6, 6.07) is 0. The van der Waals surface area contributed by atoms with E-state index < -0.39 is 5.97 Å². The Labute approximate surface area is 89.7 Å². The molecule has 1 aromatic rings. The number of carbonyl (C=O) groups is 1. The summed E-state index contributed by atoms with van der Waals surface area (Å²) in [5.74, 6) is -0.884. The maximum absolute atomic E-state index is 10.1. The monoisotopic (exact) mass is 182 g/mol. The van der Waals surface area contributed by atoms with Crippen LogP contribution in [0.3, 0.4) is 0 Å². The first kappa shape index (κ1) is 10.9. The van der Waals surface area contributed by atoms with Crippen LogP contribution in [-0.2, 0) is 11.2 Å². The molecule has 0 saturated carbocycles. The summed E-state index contributed by atoms with van der Waals surface area (Å²) in [6.45, 7) is 0. The molecule has 0 atom stereocenters. The molecule has 1 aromatic heterocycles. The normalized spacial score (nSPS) is 8.73. The van der Waals surface area contributed by atoms with Gasteiger partial charge in [-0.25, -0.2) is 4.98 Å². The quantitative estimate of drug-likeness (QED) is 0.616. The van der Waals surface area contributed by atoms with Gasteiger partial charge in [0, 0.05) is 5.38 Å². The Bertz CT molecular complexity index is 250. The van der Waals surface area contributed by atoms with Crippen LogP contribution in [0.1, 0.15) is 5.69 Å². The van der Waals surface area contributed by atoms with E-state index in [1.54, 1.807) is 5.38 Å².